The van der Waals surface area contributed by atoms with E-state index in [1.54, 1.807) is 0 Å². The lowest BCUT2D eigenvalue weighted by Gasteiger charge is -2.17. The number of pyridine rings is 2. The Hall–Kier alpha value is -7.04. The number of rotatable bonds is 4. The number of aromatic nitrogens is 4. The summed E-state index contributed by atoms with van der Waals surface area (Å²) in [6.07, 6.45) is 3.72. The summed E-state index contributed by atoms with van der Waals surface area (Å²) in [5.74, 6) is 0. The SMILES string of the molecule is c1cnc2c(c1)C(=C(c1ccc(-n3c4ccccc4c4ccccc43)cc1)c1ccc(-n3c4ccccc4c4ccccc43)cc1)c1cccnc1-2. The molecule has 0 saturated carbocycles. The van der Waals surface area contributed by atoms with Crippen molar-refractivity contribution in [1.29, 1.82) is 0 Å². The molecule has 4 nitrogen and oxygen atoms in total. The van der Waals surface area contributed by atoms with Crippen molar-refractivity contribution in [3.8, 4) is 22.8 Å². The van der Waals surface area contributed by atoms with Gasteiger partial charge in [0, 0.05) is 62.0 Å². The first-order chi connectivity index (χ1) is 25.8. The van der Waals surface area contributed by atoms with Crippen LogP contribution >= 0.6 is 0 Å². The lowest BCUT2D eigenvalue weighted by Crippen LogP contribution is -1.99. The number of hydrogen-bond donors (Lipinski definition) is 0. The molecule has 1 aliphatic rings. The van der Waals surface area contributed by atoms with Gasteiger partial charge in [-0.15, -0.1) is 0 Å². The zero-order valence-electron chi connectivity index (χ0n) is 28.1. The second kappa shape index (κ2) is 11.2. The average molecular weight is 663 g/mol. The summed E-state index contributed by atoms with van der Waals surface area (Å²) < 4.78 is 4.74. The minimum atomic E-state index is 0.925. The van der Waals surface area contributed by atoms with Gasteiger partial charge < -0.3 is 9.13 Å². The second-order valence-electron chi connectivity index (χ2n) is 13.4. The van der Waals surface area contributed by atoms with Crippen LogP contribution in [0.25, 0.3) is 77.5 Å². The number of benzene rings is 6. The zero-order valence-corrected chi connectivity index (χ0v) is 28.1. The molecule has 1 aliphatic carbocycles. The van der Waals surface area contributed by atoms with Gasteiger partial charge in [-0.2, -0.15) is 0 Å². The minimum Gasteiger partial charge on any atom is -0.309 e. The topological polar surface area (TPSA) is 35.6 Å². The molecule has 0 amide bonds. The molecule has 242 valence electrons. The van der Waals surface area contributed by atoms with Crippen LogP contribution in [0, 0.1) is 0 Å². The van der Waals surface area contributed by atoms with Crippen LogP contribution < -0.4 is 0 Å². The van der Waals surface area contributed by atoms with Gasteiger partial charge >= 0.3 is 0 Å². The van der Waals surface area contributed by atoms with Gasteiger partial charge in [0.15, 0.2) is 0 Å². The van der Waals surface area contributed by atoms with Crippen molar-refractivity contribution in [2.24, 2.45) is 0 Å². The summed E-state index contributed by atoms with van der Waals surface area (Å²) >= 11 is 0. The van der Waals surface area contributed by atoms with Crippen LogP contribution in [0.2, 0.25) is 0 Å². The van der Waals surface area contributed by atoms with E-state index in [4.69, 9.17) is 9.97 Å². The van der Waals surface area contributed by atoms with E-state index in [1.807, 2.05) is 24.5 Å². The van der Waals surface area contributed by atoms with Crippen LogP contribution in [-0.4, -0.2) is 19.1 Å². The molecule has 0 N–H and O–H groups in total. The molecule has 0 atom stereocenters. The third-order valence-electron chi connectivity index (χ3n) is 10.6. The van der Waals surface area contributed by atoms with Crippen LogP contribution in [0.3, 0.4) is 0 Å². The highest BCUT2D eigenvalue weighted by atomic mass is 15.0. The van der Waals surface area contributed by atoms with Crippen molar-refractivity contribution >= 4 is 54.8 Å². The van der Waals surface area contributed by atoms with E-state index in [9.17, 15) is 0 Å². The van der Waals surface area contributed by atoms with Crippen molar-refractivity contribution in [2.75, 3.05) is 0 Å². The molecule has 4 aromatic heterocycles. The molecule has 0 aliphatic heterocycles. The molecule has 52 heavy (non-hydrogen) atoms. The molecule has 10 aromatic rings. The van der Waals surface area contributed by atoms with Gasteiger partial charge in [0.2, 0.25) is 0 Å². The molecular formula is C48H30N4. The molecule has 0 saturated heterocycles. The Balaban J connectivity index is 1.12. The van der Waals surface area contributed by atoms with Crippen LogP contribution in [-0.2, 0) is 0 Å². The monoisotopic (exact) mass is 662 g/mol. The van der Waals surface area contributed by atoms with E-state index in [0.29, 0.717) is 0 Å². The van der Waals surface area contributed by atoms with Crippen LogP contribution in [0.4, 0.5) is 0 Å². The fourth-order valence-corrected chi connectivity index (χ4v) is 8.42. The van der Waals surface area contributed by atoms with Crippen molar-refractivity contribution in [3.05, 3.63) is 205 Å². The Bertz CT molecular complexity index is 2740. The Morgan fingerprint density at radius 2 is 0.692 bits per heavy atom. The number of para-hydroxylation sites is 4. The molecule has 0 fully saturated rings. The summed E-state index contributed by atoms with van der Waals surface area (Å²) in [6, 6.07) is 61.2. The standard InChI is InChI=1S/C48H30N4/c1-5-17-41-35(11-1)36-12-2-6-18-42(36)51(41)33-25-21-31(22-26-33)45(46-39-15-9-29-49-47(39)48-40(46)16-10-30-50-48)32-23-27-34(28-24-32)52-43-19-7-3-13-37(43)38-14-4-8-20-44(38)52/h1-30H. The van der Waals surface area contributed by atoms with Gasteiger partial charge in [0.25, 0.3) is 0 Å². The van der Waals surface area contributed by atoms with Crippen LogP contribution in [0.5, 0.6) is 0 Å². The molecule has 11 rings (SSSR count). The summed E-state index contributed by atoms with van der Waals surface area (Å²) in [6.45, 7) is 0. The summed E-state index contributed by atoms with van der Waals surface area (Å²) in [7, 11) is 0. The number of fused-ring (bicyclic) bond motifs is 9. The van der Waals surface area contributed by atoms with E-state index < -0.39 is 0 Å². The van der Waals surface area contributed by atoms with Gasteiger partial charge in [-0.1, -0.05) is 109 Å². The van der Waals surface area contributed by atoms with Gasteiger partial charge in [-0.3, -0.25) is 9.97 Å². The van der Waals surface area contributed by atoms with Crippen molar-refractivity contribution in [1.82, 2.24) is 19.1 Å². The zero-order chi connectivity index (χ0) is 34.2. The summed E-state index contributed by atoms with van der Waals surface area (Å²) in [4.78, 5) is 9.66. The average Bonchev–Trinajstić information content (AvgIpc) is 3.85. The second-order valence-corrected chi connectivity index (χ2v) is 13.4. The van der Waals surface area contributed by atoms with Crippen molar-refractivity contribution in [2.45, 2.75) is 0 Å². The predicted octanol–water partition coefficient (Wildman–Crippen LogP) is 11.7. The smallest absolute Gasteiger partial charge is 0.0971 e. The Morgan fingerprint density at radius 3 is 1.06 bits per heavy atom. The lowest BCUT2D eigenvalue weighted by molar-refractivity contribution is 1.18. The largest absolute Gasteiger partial charge is 0.309 e. The molecule has 4 heterocycles. The molecule has 0 spiro atoms. The summed E-state index contributed by atoms with van der Waals surface area (Å²) in [5.41, 5.74) is 15.7. The maximum atomic E-state index is 4.83. The predicted molar refractivity (Wildman–Crippen MR) is 214 cm³/mol. The molecule has 0 unspecified atom stereocenters. The normalized spacial score (nSPS) is 12.2. The fourth-order valence-electron chi connectivity index (χ4n) is 8.42. The first-order valence-electron chi connectivity index (χ1n) is 17.7. The lowest BCUT2D eigenvalue weighted by atomic mass is 9.88. The highest BCUT2D eigenvalue weighted by molar-refractivity contribution is 6.13. The first-order valence-corrected chi connectivity index (χ1v) is 17.7. The van der Waals surface area contributed by atoms with Crippen molar-refractivity contribution in [3.63, 3.8) is 0 Å². The van der Waals surface area contributed by atoms with E-state index >= 15 is 0 Å². The number of nitrogens with zero attached hydrogens (tertiary/aromatic N) is 4. The molecule has 4 heteroatoms. The molecule has 6 aromatic carbocycles. The van der Waals surface area contributed by atoms with Gasteiger partial charge in [0.05, 0.1) is 33.5 Å². The Kier molecular flexibility index (Phi) is 6.22. The molecule has 0 radical (unpaired) electrons. The van der Waals surface area contributed by atoms with E-state index in [2.05, 4.69) is 167 Å². The number of hydrogen-bond acceptors (Lipinski definition) is 2. The van der Waals surface area contributed by atoms with Crippen LogP contribution in [0.15, 0.2) is 182 Å². The van der Waals surface area contributed by atoms with Gasteiger partial charge in [-0.05, 0) is 77.4 Å². The van der Waals surface area contributed by atoms with Crippen LogP contribution in [0.1, 0.15) is 22.3 Å². The minimum absolute atomic E-state index is 0.925. The van der Waals surface area contributed by atoms with E-state index in [1.165, 1.54) is 43.6 Å². The fraction of sp³-hybridized carbons (Fsp3) is 0. The maximum absolute atomic E-state index is 4.83. The third kappa shape index (κ3) is 4.15. The van der Waals surface area contributed by atoms with Gasteiger partial charge in [-0.25, -0.2) is 0 Å². The summed E-state index contributed by atoms with van der Waals surface area (Å²) in [5, 5.41) is 5.03. The third-order valence-corrected chi connectivity index (χ3v) is 10.6. The quantitative estimate of drug-likeness (QED) is 0.188. The Morgan fingerprint density at radius 1 is 0.346 bits per heavy atom. The maximum Gasteiger partial charge on any atom is 0.0971 e. The highest BCUT2D eigenvalue weighted by Crippen LogP contribution is 2.47. The van der Waals surface area contributed by atoms with E-state index in [0.717, 1.165) is 56.2 Å². The molecule has 0 bridgehead atoms. The van der Waals surface area contributed by atoms with Crippen molar-refractivity contribution < 1.29 is 0 Å². The molecular weight excluding hydrogens is 633 g/mol. The van der Waals surface area contributed by atoms with Gasteiger partial charge in [0.1, 0.15) is 0 Å². The Labute approximate surface area is 300 Å². The highest BCUT2D eigenvalue weighted by Gasteiger charge is 2.29. The first kappa shape index (κ1) is 28.8. The van der Waals surface area contributed by atoms with E-state index in [-0.39, 0.29) is 0 Å².